The Bertz CT molecular complexity index is 368. The van der Waals surface area contributed by atoms with Gasteiger partial charge in [0.1, 0.15) is 0 Å². The highest BCUT2D eigenvalue weighted by Gasteiger charge is 2.50. The topological polar surface area (TPSA) is 26.0 Å². The molecule has 68 valence electrons. The third-order valence-corrected chi connectivity index (χ3v) is 3.66. The summed E-state index contributed by atoms with van der Waals surface area (Å²) in [7, 11) is 0. The molecule has 0 aliphatic heterocycles. The zero-order valence-corrected chi connectivity index (χ0v) is 8.14. The molecule has 1 aromatic rings. The number of hydrogen-bond acceptors (Lipinski definition) is 1. The maximum atomic E-state index is 6.17. The first-order chi connectivity index (χ1) is 6.19. The fraction of sp³-hybridized carbons (Fsp3) is 0.455. The summed E-state index contributed by atoms with van der Waals surface area (Å²) in [5.74, 6) is 0.611. The van der Waals surface area contributed by atoms with Crippen molar-refractivity contribution in [2.45, 2.75) is 30.7 Å². The first-order valence-electron chi connectivity index (χ1n) is 4.76. The first-order valence-corrected chi connectivity index (χ1v) is 5.14. The Kier molecular flexibility index (Phi) is 1.38. The second-order valence-corrected chi connectivity index (χ2v) is 4.77. The van der Waals surface area contributed by atoms with Crippen LogP contribution in [0, 0.1) is 0 Å². The van der Waals surface area contributed by atoms with Crippen molar-refractivity contribution in [3.05, 3.63) is 34.3 Å². The third-order valence-electron chi connectivity index (χ3n) is 3.43. The molecule has 0 spiro atoms. The second-order valence-electron chi connectivity index (χ2n) is 4.33. The zero-order chi connectivity index (χ0) is 9.05. The van der Waals surface area contributed by atoms with Crippen molar-refractivity contribution in [3.8, 4) is 0 Å². The summed E-state index contributed by atoms with van der Waals surface area (Å²) in [6.07, 6.45) is 3.52. The molecule has 13 heavy (non-hydrogen) atoms. The fourth-order valence-corrected chi connectivity index (χ4v) is 2.49. The van der Waals surface area contributed by atoms with Crippen molar-refractivity contribution in [3.63, 3.8) is 0 Å². The molecule has 0 radical (unpaired) electrons. The van der Waals surface area contributed by atoms with Gasteiger partial charge in [-0.25, -0.2) is 0 Å². The van der Waals surface area contributed by atoms with Crippen LogP contribution < -0.4 is 5.73 Å². The molecule has 0 saturated heterocycles. The lowest BCUT2D eigenvalue weighted by atomic mass is 9.72. The van der Waals surface area contributed by atoms with Gasteiger partial charge >= 0.3 is 0 Å². The Morgan fingerprint density at radius 1 is 1.38 bits per heavy atom. The average Bonchev–Trinajstić information content (AvgIpc) is 2.75. The van der Waals surface area contributed by atoms with Crippen LogP contribution in [0.25, 0.3) is 0 Å². The van der Waals surface area contributed by atoms with Gasteiger partial charge in [0.2, 0.25) is 0 Å². The van der Waals surface area contributed by atoms with Crippen LogP contribution in [0.4, 0.5) is 0 Å². The molecule has 1 unspecified atom stereocenters. The van der Waals surface area contributed by atoms with Crippen LogP contribution in [0.15, 0.2) is 18.2 Å². The second kappa shape index (κ2) is 2.28. The van der Waals surface area contributed by atoms with E-state index in [9.17, 15) is 0 Å². The molecule has 2 aliphatic rings. The van der Waals surface area contributed by atoms with Crippen molar-refractivity contribution in [1.29, 1.82) is 0 Å². The number of benzene rings is 1. The molecular formula is C11H12ClN. The minimum atomic E-state index is 0.140. The molecule has 1 atom stereocenters. The number of halogens is 1. The number of rotatable bonds is 1. The standard InChI is InChI=1S/C11H12ClN/c12-8-1-2-9-7(5-8)6-10(9)11(13)3-4-11/h1-2,5,10H,3-4,6,13H2. The van der Waals surface area contributed by atoms with E-state index >= 15 is 0 Å². The van der Waals surface area contributed by atoms with Gasteiger partial charge in [0.05, 0.1) is 0 Å². The molecule has 1 aromatic carbocycles. The van der Waals surface area contributed by atoms with Gasteiger partial charge in [-0.1, -0.05) is 17.7 Å². The minimum Gasteiger partial charge on any atom is -0.325 e. The number of nitrogens with two attached hydrogens (primary N) is 1. The van der Waals surface area contributed by atoms with Gasteiger partial charge in [-0.15, -0.1) is 0 Å². The molecule has 0 heterocycles. The van der Waals surface area contributed by atoms with Crippen molar-refractivity contribution < 1.29 is 0 Å². The van der Waals surface area contributed by atoms with Crippen LogP contribution in [-0.2, 0) is 6.42 Å². The van der Waals surface area contributed by atoms with Gasteiger partial charge in [-0.3, -0.25) is 0 Å². The van der Waals surface area contributed by atoms with Crippen molar-refractivity contribution in [1.82, 2.24) is 0 Å². The van der Waals surface area contributed by atoms with Crippen LogP contribution in [0.2, 0.25) is 5.02 Å². The number of hydrogen-bond donors (Lipinski definition) is 1. The van der Waals surface area contributed by atoms with E-state index in [0.29, 0.717) is 5.92 Å². The third kappa shape index (κ3) is 1.04. The van der Waals surface area contributed by atoms with E-state index in [1.807, 2.05) is 6.07 Å². The highest BCUT2D eigenvalue weighted by atomic mass is 35.5. The molecule has 1 nitrogen and oxygen atoms in total. The summed E-state index contributed by atoms with van der Waals surface area (Å²) < 4.78 is 0. The SMILES string of the molecule is NC1(C2Cc3cc(Cl)ccc32)CC1. The molecule has 1 fully saturated rings. The summed E-state index contributed by atoms with van der Waals surface area (Å²) in [6, 6.07) is 6.18. The monoisotopic (exact) mass is 193 g/mol. The summed E-state index contributed by atoms with van der Waals surface area (Å²) >= 11 is 5.90. The molecule has 3 rings (SSSR count). The van der Waals surface area contributed by atoms with Gasteiger partial charge in [-0.2, -0.15) is 0 Å². The van der Waals surface area contributed by atoms with Crippen molar-refractivity contribution in [2.75, 3.05) is 0 Å². The molecule has 0 aromatic heterocycles. The van der Waals surface area contributed by atoms with Gasteiger partial charge in [0.15, 0.2) is 0 Å². The lowest BCUT2D eigenvalue weighted by Crippen LogP contribution is -2.37. The molecule has 0 bridgehead atoms. The van der Waals surface area contributed by atoms with Crippen LogP contribution in [0.1, 0.15) is 29.9 Å². The van der Waals surface area contributed by atoms with E-state index < -0.39 is 0 Å². The Labute approximate surface area is 82.9 Å². The van der Waals surface area contributed by atoms with E-state index in [-0.39, 0.29) is 5.54 Å². The Morgan fingerprint density at radius 3 is 2.77 bits per heavy atom. The van der Waals surface area contributed by atoms with Crippen LogP contribution in [0.3, 0.4) is 0 Å². The van der Waals surface area contributed by atoms with Crippen LogP contribution in [0.5, 0.6) is 0 Å². The summed E-state index contributed by atoms with van der Waals surface area (Å²) in [6.45, 7) is 0. The number of fused-ring (bicyclic) bond motifs is 1. The summed E-state index contributed by atoms with van der Waals surface area (Å²) in [5.41, 5.74) is 9.14. The quantitative estimate of drug-likeness (QED) is 0.729. The Balaban J connectivity index is 1.97. The molecule has 2 N–H and O–H groups in total. The lowest BCUT2D eigenvalue weighted by Gasteiger charge is -2.35. The van der Waals surface area contributed by atoms with Crippen LogP contribution >= 0.6 is 11.6 Å². The Hall–Kier alpha value is -0.530. The predicted molar refractivity (Wildman–Crippen MR) is 54.0 cm³/mol. The molecular weight excluding hydrogens is 182 g/mol. The minimum absolute atomic E-state index is 0.140. The maximum absolute atomic E-state index is 6.17. The van der Waals surface area contributed by atoms with Crippen molar-refractivity contribution in [2.24, 2.45) is 5.73 Å². The molecule has 0 amide bonds. The van der Waals surface area contributed by atoms with Gasteiger partial charge in [0, 0.05) is 16.5 Å². The van der Waals surface area contributed by atoms with Crippen LogP contribution in [-0.4, -0.2) is 5.54 Å². The maximum Gasteiger partial charge on any atom is 0.0408 e. The van der Waals surface area contributed by atoms with E-state index in [1.54, 1.807) is 0 Å². The molecule has 1 saturated carbocycles. The highest BCUT2D eigenvalue weighted by Crippen LogP contribution is 2.52. The molecule has 2 aliphatic carbocycles. The average molecular weight is 194 g/mol. The largest absolute Gasteiger partial charge is 0.325 e. The lowest BCUT2D eigenvalue weighted by molar-refractivity contribution is 0.469. The van der Waals surface area contributed by atoms with Crippen molar-refractivity contribution >= 4 is 11.6 Å². The van der Waals surface area contributed by atoms with E-state index in [1.165, 1.54) is 24.0 Å². The van der Waals surface area contributed by atoms with E-state index in [2.05, 4.69) is 12.1 Å². The summed E-state index contributed by atoms with van der Waals surface area (Å²) in [5, 5.41) is 0.846. The van der Waals surface area contributed by atoms with Gasteiger partial charge in [0.25, 0.3) is 0 Å². The highest BCUT2D eigenvalue weighted by molar-refractivity contribution is 6.30. The van der Waals surface area contributed by atoms with Gasteiger partial charge in [-0.05, 0) is 42.5 Å². The predicted octanol–water partition coefficient (Wildman–Crippen LogP) is 2.47. The van der Waals surface area contributed by atoms with Gasteiger partial charge < -0.3 is 5.73 Å². The smallest absolute Gasteiger partial charge is 0.0408 e. The first kappa shape index (κ1) is 7.84. The van der Waals surface area contributed by atoms with E-state index in [4.69, 9.17) is 17.3 Å². The fourth-order valence-electron chi connectivity index (χ4n) is 2.30. The zero-order valence-electron chi connectivity index (χ0n) is 7.39. The summed E-state index contributed by atoms with van der Waals surface area (Å²) in [4.78, 5) is 0. The Morgan fingerprint density at radius 2 is 2.15 bits per heavy atom. The van der Waals surface area contributed by atoms with E-state index in [0.717, 1.165) is 11.4 Å². The molecule has 2 heteroatoms. The normalized spacial score (nSPS) is 27.7.